The number of nitriles is 1. The number of fused-ring (bicyclic) bond motifs is 1. The van der Waals surface area contributed by atoms with E-state index in [1.54, 1.807) is 11.2 Å². The third-order valence-electron chi connectivity index (χ3n) is 6.72. The van der Waals surface area contributed by atoms with Crippen LogP contribution in [0.4, 0.5) is 5.82 Å². The fourth-order valence-corrected chi connectivity index (χ4v) is 4.91. The topological polar surface area (TPSA) is 102 Å². The van der Waals surface area contributed by atoms with Crippen molar-refractivity contribution in [1.29, 1.82) is 5.26 Å². The molecule has 2 aliphatic rings. The Morgan fingerprint density at radius 3 is 2.51 bits per heavy atom. The first-order chi connectivity index (χ1) is 17.2. The number of nitrogens with zero attached hydrogens (tertiary/aromatic N) is 4. The van der Waals surface area contributed by atoms with Crippen molar-refractivity contribution >= 4 is 17.6 Å². The van der Waals surface area contributed by atoms with E-state index >= 15 is 0 Å². The number of furan rings is 1. The van der Waals surface area contributed by atoms with Gasteiger partial charge in [-0.15, -0.1) is 0 Å². The van der Waals surface area contributed by atoms with Crippen molar-refractivity contribution in [1.82, 2.24) is 15.2 Å². The third-order valence-corrected chi connectivity index (χ3v) is 6.72. The van der Waals surface area contributed by atoms with Crippen molar-refractivity contribution in [3.8, 4) is 17.5 Å². The summed E-state index contributed by atoms with van der Waals surface area (Å²) in [5.74, 6) is 0.244. The fraction of sp³-hybridized carbons (Fsp3) is 0.333. The van der Waals surface area contributed by atoms with Crippen LogP contribution in [0.25, 0.3) is 11.5 Å². The summed E-state index contributed by atoms with van der Waals surface area (Å²) in [7, 11) is 0. The van der Waals surface area contributed by atoms with Gasteiger partial charge in [0.1, 0.15) is 17.6 Å². The van der Waals surface area contributed by atoms with Crippen LogP contribution in [0.3, 0.4) is 0 Å². The number of nitrogens with one attached hydrogen (secondary N) is 1. The molecule has 0 spiro atoms. The summed E-state index contributed by atoms with van der Waals surface area (Å²) in [5.41, 5.74) is 4.68. The Balaban J connectivity index is 1.25. The molecule has 0 unspecified atom stereocenters. The molecule has 2 aromatic heterocycles. The lowest BCUT2D eigenvalue weighted by Gasteiger charge is -2.35. The van der Waals surface area contributed by atoms with Crippen LogP contribution in [-0.2, 0) is 28.9 Å². The molecule has 0 bridgehead atoms. The van der Waals surface area contributed by atoms with Crippen LogP contribution in [0, 0.1) is 11.3 Å². The third kappa shape index (κ3) is 4.62. The highest BCUT2D eigenvalue weighted by molar-refractivity contribution is 6.35. The molecule has 1 aliphatic carbocycles. The Morgan fingerprint density at radius 1 is 1.03 bits per heavy atom. The van der Waals surface area contributed by atoms with E-state index in [2.05, 4.69) is 11.4 Å². The average Bonchev–Trinajstić information content (AvgIpc) is 3.61. The molecule has 1 N–H and O–H groups in total. The van der Waals surface area contributed by atoms with Gasteiger partial charge in [-0.05, 0) is 54.5 Å². The number of carbonyl (C=O) groups is 2. The summed E-state index contributed by atoms with van der Waals surface area (Å²) < 4.78 is 5.63. The first-order valence-corrected chi connectivity index (χ1v) is 12.0. The molecule has 5 rings (SSSR count). The summed E-state index contributed by atoms with van der Waals surface area (Å²) >= 11 is 0. The predicted molar refractivity (Wildman–Crippen MR) is 131 cm³/mol. The number of aromatic nitrogens is 1. The number of hydrogen-bond acceptors (Lipinski definition) is 6. The predicted octanol–water partition coefficient (Wildman–Crippen LogP) is 2.71. The van der Waals surface area contributed by atoms with Crippen molar-refractivity contribution in [3.63, 3.8) is 0 Å². The van der Waals surface area contributed by atoms with Crippen LogP contribution in [0.5, 0.6) is 0 Å². The molecule has 0 radical (unpaired) electrons. The van der Waals surface area contributed by atoms with Crippen LogP contribution < -0.4 is 10.2 Å². The number of amides is 2. The molecule has 8 heteroatoms. The van der Waals surface area contributed by atoms with Gasteiger partial charge in [0.05, 0.1) is 11.8 Å². The molecule has 3 aromatic rings. The summed E-state index contributed by atoms with van der Waals surface area (Å²) in [6, 6.07) is 15.9. The zero-order valence-electron chi connectivity index (χ0n) is 19.5. The van der Waals surface area contributed by atoms with E-state index < -0.39 is 11.8 Å². The molecule has 8 nitrogen and oxygen atoms in total. The van der Waals surface area contributed by atoms with E-state index in [0.29, 0.717) is 56.3 Å². The maximum Gasteiger partial charge on any atom is 0.312 e. The van der Waals surface area contributed by atoms with Gasteiger partial charge in [-0.25, -0.2) is 4.98 Å². The second-order valence-electron chi connectivity index (χ2n) is 8.83. The standard InChI is InChI=1S/C27H27N5O3/c28-18-22-20-8-4-9-21(20)24(23-10-5-17-35-23)30-25(22)31-13-15-32(16-14-31)27(34)26(33)29-12-11-19-6-2-1-3-7-19/h1-3,5-7,10,17H,4,8-9,11-16H2,(H,29,33). The molecule has 1 aromatic carbocycles. The first-order valence-electron chi connectivity index (χ1n) is 12.0. The smallest absolute Gasteiger partial charge is 0.312 e. The minimum absolute atomic E-state index is 0.394. The summed E-state index contributed by atoms with van der Waals surface area (Å²) in [6.45, 7) is 2.20. The van der Waals surface area contributed by atoms with Gasteiger partial charge < -0.3 is 19.5 Å². The van der Waals surface area contributed by atoms with Gasteiger partial charge in [-0.1, -0.05) is 30.3 Å². The minimum Gasteiger partial charge on any atom is -0.463 e. The molecule has 35 heavy (non-hydrogen) atoms. The maximum absolute atomic E-state index is 12.7. The Labute approximate surface area is 204 Å². The Kier molecular flexibility index (Phi) is 6.49. The van der Waals surface area contributed by atoms with Gasteiger partial charge in [0, 0.05) is 32.7 Å². The van der Waals surface area contributed by atoms with Crippen LogP contribution in [-0.4, -0.2) is 54.4 Å². The maximum atomic E-state index is 12.7. The zero-order chi connectivity index (χ0) is 24.2. The molecular formula is C27H27N5O3. The molecule has 1 aliphatic heterocycles. The van der Waals surface area contributed by atoms with Crippen molar-refractivity contribution in [2.24, 2.45) is 0 Å². The number of carbonyl (C=O) groups excluding carboxylic acids is 2. The van der Waals surface area contributed by atoms with E-state index in [9.17, 15) is 14.9 Å². The number of pyridine rings is 1. The Bertz CT molecular complexity index is 1260. The lowest BCUT2D eigenvalue weighted by Crippen LogP contribution is -2.53. The van der Waals surface area contributed by atoms with Gasteiger partial charge in [0.15, 0.2) is 5.76 Å². The summed E-state index contributed by atoms with van der Waals surface area (Å²) in [6.07, 6.45) is 5.03. The second kappa shape index (κ2) is 10.0. The largest absolute Gasteiger partial charge is 0.463 e. The van der Waals surface area contributed by atoms with Crippen molar-refractivity contribution in [2.45, 2.75) is 25.7 Å². The number of rotatable bonds is 5. The highest BCUT2D eigenvalue weighted by Gasteiger charge is 2.31. The normalized spacial score (nSPS) is 14.9. The molecular weight excluding hydrogens is 442 g/mol. The van der Waals surface area contributed by atoms with Gasteiger partial charge >= 0.3 is 11.8 Å². The zero-order valence-corrected chi connectivity index (χ0v) is 19.5. The molecule has 3 heterocycles. The number of hydrogen-bond donors (Lipinski definition) is 1. The average molecular weight is 470 g/mol. The first kappa shape index (κ1) is 22.7. The van der Waals surface area contributed by atoms with E-state index in [-0.39, 0.29) is 0 Å². The Hall–Kier alpha value is -4.12. The van der Waals surface area contributed by atoms with Gasteiger partial charge in [-0.2, -0.15) is 5.26 Å². The fourth-order valence-electron chi connectivity index (χ4n) is 4.91. The summed E-state index contributed by atoms with van der Waals surface area (Å²) in [5, 5.41) is 12.7. The van der Waals surface area contributed by atoms with Crippen molar-refractivity contribution < 1.29 is 14.0 Å². The van der Waals surface area contributed by atoms with Crippen LogP contribution in [0.15, 0.2) is 53.1 Å². The van der Waals surface area contributed by atoms with E-state index in [1.165, 1.54) is 0 Å². The van der Waals surface area contributed by atoms with Gasteiger partial charge in [-0.3, -0.25) is 9.59 Å². The van der Waals surface area contributed by atoms with Crippen LogP contribution in [0.2, 0.25) is 0 Å². The highest BCUT2D eigenvalue weighted by Crippen LogP contribution is 2.37. The van der Waals surface area contributed by atoms with E-state index in [1.807, 2.05) is 47.4 Å². The number of benzene rings is 1. The van der Waals surface area contributed by atoms with Crippen molar-refractivity contribution in [3.05, 3.63) is 71.0 Å². The molecule has 0 saturated carbocycles. The molecule has 178 valence electrons. The monoisotopic (exact) mass is 469 g/mol. The second-order valence-corrected chi connectivity index (χ2v) is 8.83. The minimum atomic E-state index is -0.581. The quantitative estimate of drug-likeness (QED) is 0.577. The lowest BCUT2D eigenvalue weighted by atomic mass is 10.0. The van der Waals surface area contributed by atoms with Crippen LogP contribution in [0.1, 0.15) is 28.7 Å². The SMILES string of the molecule is N#Cc1c(N2CCN(C(=O)C(=O)NCCc3ccccc3)CC2)nc(-c2ccco2)c2c1CCC2. The Morgan fingerprint density at radius 2 is 1.80 bits per heavy atom. The van der Waals surface area contributed by atoms with Gasteiger partial charge in [0.25, 0.3) is 0 Å². The molecule has 1 fully saturated rings. The lowest BCUT2D eigenvalue weighted by molar-refractivity contribution is -0.146. The summed E-state index contributed by atoms with van der Waals surface area (Å²) in [4.78, 5) is 33.6. The molecule has 1 saturated heterocycles. The van der Waals surface area contributed by atoms with Gasteiger partial charge in [0.2, 0.25) is 0 Å². The van der Waals surface area contributed by atoms with Crippen molar-refractivity contribution in [2.75, 3.05) is 37.6 Å². The number of piperazine rings is 1. The van der Waals surface area contributed by atoms with Crippen LogP contribution >= 0.6 is 0 Å². The van der Waals surface area contributed by atoms with E-state index in [4.69, 9.17) is 9.40 Å². The van der Waals surface area contributed by atoms with E-state index in [0.717, 1.165) is 41.6 Å². The number of anilines is 1. The molecule has 0 atom stereocenters. The molecule has 2 amide bonds. The highest BCUT2D eigenvalue weighted by atomic mass is 16.3.